The lowest BCUT2D eigenvalue weighted by Gasteiger charge is -2.43. The fourth-order valence-corrected chi connectivity index (χ4v) is 8.70. The first-order valence-electron chi connectivity index (χ1n) is 26.9. The minimum absolute atomic E-state index is 0.331. The lowest BCUT2D eigenvalue weighted by Crippen LogP contribution is -2.66. The molecule has 0 aliphatic carbocycles. The van der Waals surface area contributed by atoms with Gasteiger partial charge in [0.2, 0.25) is 18.1 Å². The SMILES string of the molecule is CCCCCCCCCCC[C@@H](O)CC(=O)N[C@H]1[C@@H](OC(=O)C[C@@H](NC(=O)C[C@H](O)CCCCCCCCCCC)C(=O)O)O[C@H](CO)[C@@H](O)[C@@H]1OC(=O)C[C@H](O)CCCCCCCCCCC. The lowest BCUT2D eigenvalue weighted by molar-refractivity contribution is -0.267. The van der Waals surface area contributed by atoms with Crippen molar-refractivity contribution in [2.45, 2.75) is 294 Å². The Balaban J connectivity index is 2.98. The fraction of sp³-hybridized carbons (Fsp3) is 0.904. The summed E-state index contributed by atoms with van der Waals surface area (Å²) in [4.78, 5) is 65.1. The second-order valence-electron chi connectivity index (χ2n) is 19.3. The number of carboxylic acid groups (broad SMARTS) is 1. The number of hydrogen-bond acceptors (Lipinski definition) is 13. The summed E-state index contributed by atoms with van der Waals surface area (Å²) in [5.74, 6) is -5.24. The maximum atomic E-state index is 13.4. The van der Waals surface area contributed by atoms with Gasteiger partial charge in [-0.3, -0.25) is 19.2 Å². The van der Waals surface area contributed by atoms with Crippen LogP contribution in [0.25, 0.3) is 0 Å². The van der Waals surface area contributed by atoms with Crippen molar-refractivity contribution >= 4 is 29.7 Å². The first-order valence-corrected chi connectivity index (χ1v) is 26.9. The summed E-state index contributed by atoms with van der Waals surface area (Å²) >= 11 is 0. The normalized spacial score (nSPS) is 20.0. The van der Waals surface area contributed by atoms with E-state index in [0.29, 0.717) is 38.5 Å². The number of nitrogens with one attached hydrogen (secondary N) is 2. The van der Waals surface area contributed by atoms with Gasteiger partial charge in [0.1, 0.15) is 24.3 Å². The van der Waals surface area contributed by atoms with Gasteiger partial charge in [-0.1, -0.05) is 194 Å². The standard InChI is InChI=1S/C52H96N2O14/c1-4-7-10-13-16-19-22-25-28-31-39(56)34-44(59)53-42(51(64)65)37-47(62)68-52-48(54-45(60)35-40(57)32-29-26-23-20-17-14-11-8-5-2)50(49(63)43(38-55)66-52)67-46(61)36-41(58)33-30-27-24-21-18-15-12-9-6-3/h39-43,48-50,52,55-58,63H,4-38H2,1-3H3,(H,53,59)(H,54,60)(H,64,65)/t39-,40-,41-,42-,43-,48-,49-,50-,52-/m1/s1. The van der Waals surface area contributed by atoms with Gasteiger partial charge in [-0.15, -0.1) is 0 Å². The summed E-state index contributed by atoms with van der Waals surface area (Å²) in [5.41, 5.74) is 0. The van der Waals surface area contributed by atoms with Crippen molar-refractivity contribution in [1.29, 1.82) is 0 Å². The molecule has 0 radical (unpaired) electrons. The van der Waals surface area contributed by atoms with Crippen molar-refractivity contribution in [3.63, 3.8) is 0 Å². The zero-order valence-corrected chi connectivity index (χ0v) is 42.4. The Morgan fingerprint density at radius 2 is 0.882 bits per heavy atom. The molecular weight excluding hydrogens is 877 g/mol. The molecule has 0 bridgehead atoms. The van der Waals surface area contributed by atoms with Crippen molar-refractivity contribution in [2.24, 2.45) is 0 Å². The summed E-state index contributed by atoms with van der Waals surface area (Å²) in [5, 5.41) is 68.1. The highest BCUT2D eigenvalue weighted by atomic mass is 16.7. The fourth-order valence-electron chi connectivity index (χ4n) is 8.70. The van der Waals surface area contributed by atoms with Crippen molar-refractivity contribution in [2.75, 3.05) is 6.61 Å². The van der Waals surface area contributed by atoms with Crippen molar-refractivity contribution < 1.29 is 68.8 Å². The van der Waals surface area contributed by atoms with Gasteiger partial charge >= 0.3 is 17.9 Å². The van der Waals surface area contributed by atoms with E-state index in [0.717, 1.165) is 77.0 Å². The third kappa shape index (κ3) is 31.4. The van der Waals surface area contributed by atoms with Crippen LogP contribution in [0.4, 0.5) is 0 Å². The Morgan fingerprint density at radius 1 is 0.515 bits per heavy atom. The van der Waals surface area contributed by atoms with Gasteiger partial charge in [0.15, 0.2) is 6.10 Å². The number of esters is 2. The van der Waals surface area contributed by atoms with Crippen LogP contribution in [0.3, 0.4) is 0 Å². The molecular formula is C52H96N2O14. The monoisotopic (exact) mass is 973 g/mol. The molecule has 0 unspecified atom stereocenters. The van der Waals surface area contributed by atoms with Gasteiger partial charge in [-0.2, -0.15) is 0 Å². The van der Waals surface area contributed by atoms with Crippen LogP contribution in [-0.2, 0) is 38.2 Å². The van der Waals surface area contributed by atoms with Crippen molar-refractivity contribution in [1.82, 2.24) is 10.6 Å². The molecule has 2 amide bonds. The summed E-state index contributed by atoms with van der Waals surface area (Å²) in [7, 11) is 0. The van der Waals surface area contributed by atoms with E-state index in [9.17, 15) is 54.6 Å². The molecule has 8 N–H and O–H groups in total. The summed E-state index contributed by atoms with van der Waals surface area (Å²) in [6.07, 6.45) is 18.2. The minimum atomic E-state index is -1.84. The highest BCUT2D eigenvalue weighted by Crippen LogP contribution is 2.27. The number of carbonyl (C=O) groups is 5. The van der Waals surface area contributed by atoms with Crippen LogP contribution in [-0.4, -0.2) is 122 Å². The first kappa shape index (κ1) is 63.1. The van der Waals surface area contributed by atoms with Gasteiger partial charge in [-0.25, -0.2) is 4.79 Å². The van der Waals surface area contributed by atoms with Crippen molar-refractivity contribution in [3.05, 3.63) is 0 Å². The third-order valence-corrected chi connectivity index (χ3v) is 12.9. The van der Waals surface area contributed by atoms with Gasteiger partial charge < -0.3 is 55.5 Å². The number of unbranched alkanes of at least 4 members (excludes halogenated alkanes) is 24. The molecule has 1 fully saturated rings. The van der Waals surface area contributed by atoms with E-state index in [1.54, 1.807) is 0 Å². The van der Waals surface area contributed by atoms with Crippen LogP contribution in [0.15, 0.2) is 0 Å². The minimum Gasteiger partial charge on any atom is -0.480 e. The summed E-state index contributed by atoms with van der Waals surface area (Å²) in [6, 6.07) is -3.38. The molecule has 1 aliphatic heterocycles. The van der Waals surface area contributed by atoms with Crippen LogP contribution in [0.5, 0.6) is 0 Å². The first-order chi connectivity index (χ1) is 32.8. The predicted octanol–water partition coefficient (Wildman–Crippen LogP) is 7.98. The Hall–Kier alpha value is -2.89. The number of aliphatic hydroxyl groups is 5. The Kier molecular flexibility index (Phi) is 37.9. The van der Waals surface area contributed by atoms with Gasteiger partial charge in [0.25, 0.3) is 0 Å². The molecule has 0 saturated carbocycles. The van der Waals surface area contributed by atoms with Crippen LogP contribution in [0.1, 0.15) is 239 Å². The molecule has 1 aliphatic rings. The number of amides is 2. The van der Waals surface area contributed by atoms with E-state index < -0.39 is 104 Å². The number of ether oxygens (including phenoxy) is 3. The third-order valence-electron chi connectivity index (χ3n) is 12.9. The smallest absolute Gasteiger partial charge is 0.326 e. The zero-order valence-electron chi connectivity index (χ0n) is 42.4. The second-order valence-corrected chi connectivity index (χ2v) is 19.3. The topological polar surface area (TPSA) is 258 Å². The average molecular weight is 973 g/mol. The van der Waals surface area contributed by atoms with Crippen LogP contribution < -0.4 is 10.6 Å². The lowest BCUT2D eigenvalue weighted by atomic mass is 9.96. The maximum Gasteiger partial charge on any atom is 0.326 e. The van der Waals surface area contributed by atoms with E-state index in [4.69, 9.17) is 14.2 Å². The molecule has 68 heavy (non-hydrogen) atoms. The van der Waals surface area contributed by atoms with E-state index in [1.165, 1.54) is 77.0 Å². The molecule has 9 atom stereocenters. The van der Waals surface area contributed by atoms with Gasteiger partial charge in [-0.05, 0) is 19.3 Å². The molecule has 1 rings (SSSR count). The number of aliphatic hydroxyl groups excluding tert-OH is 5. The molecule has 0 aromatic heterocycles. The van der Waals surface area contributed by atoms with E-state index in [2.05, 4.69) is 31.4 Å². The maximum absolute atomic E-state index is 13.4. The molecule has 1 heterocycles. The van der Waals surface area contributed by atoms with E-state index >= 15 is 0 Å². The van der Waals surface area contributed by atoms with Crippen LogP contribution in [0, 0.1) is 0 Å². The van der Waals surface area contributed by atoms with Gasteiger partial charge in [0.05, 0.1) is 50.6 Å². The van der Waals surface area contributed by atoms with Crippen LogP contribution in [0.2, 0.25) is 0 Å². The van der Waals surface area contributed by atoms with Crippen molar-refractivity contribution in [3.8, 4) is 0 Å². The van der Waals surface area contributed by atoms with Gasteiger partial charge in [0, 0.05) is 0 Å². The highest BCUT2D eigenvalue weighted by Gasteiger charge is 2.50. The molecule has 398 valence electrons. The van der Waals surface area contributed by atoms with Crippen LogP contribution >= 0.6 is 0 Å². The largest absolute Gasteiger partial charge is 0.480 e. The van der Waals surface area contributed by atoms with E-state index in [-0.39, 0.29) is 12.8 Å². The molecule has 0 spiro atoms. The molecule has 0 aromatic carbocycles. The average Bonchev–Trinajstić information content (AvgIpc) is 3.28. The Labute approximate surface area is 408 Å². The predicted molar refractivity (Wildman–Crippen MR) is 261 cm³/mol. The zero-order chi connectivity index (χ0) is 50.4. The number of rotatable bonds is 44. The number of carbonyl (C=O) groups excluding carboxylic acids is 4. The molecule has 16 heteroatoms. The molecule has 0 aromatic rings. The Bertz CT molecular complexity index is 1320. The summed E-state index contributed by atoms with van der Waals surface area (Å²) < 4.78 is 16.9. The molecule has 16 nitrogen and oxygen atoms in total. The number of carboxylic acids is 1. The summed E-state index contributed by atoms with van der Waals surface area (Å²) in [6.45, 7) is 5.69. The Morgan fingerprint density at radius 3 is 1.28 bits per heavy atom. The van der Waals surface area contributed by atoms with E-state index in [1.807, 2.05) is 0 Å². The second kappa shape index (κ2) is 40.8. The quantitative estimate of drug-likeness (QED) is 0.0213. The number of aliphatic carboxylic acids is 1. The molecule has 1 saturated heterocycles. The number of hydrogen-bond donors (Lipinski definition) is 8. The highest BCUT2D eigenvalue weighted by molar-refractivity contribution is 5.87.